The van der Waals surface area contributed by atoms with Crippen LogP contribution in [0.25, 0.3) is 0 Å². The summed E-state index contributed by atoms with van der Waals surface area (Å²) in [6.45, 7) is 15.7. The van der Waals surface area contributed by atoms with Gasteiger partial charge < -0.3 is 20.7 Å². The van der Waals surface area contributed by atoms with Crippen LogP contribution in [-0.2, 0) is 14.3 Å². The molecule has 3 N–H and O–H groups in total. The number of ether oxygens (including phenoxy) is 1. The van der Waals surface area contributed by atoms with Crippen molar-refractivity contribution in [3.63, 3.8) is 0 Å². The Labute approximate surface area is 232 Å². The van der Waals surface area contributed by atoms with Crippen LogP contribution in [0, 0.1) is 46.3 Å². The van der Waals surface area contributed by atoms with Crippen molar-refractivity contribution >= 4 is 11.9 Å². The van der Waals surface area contributed by atoms with Crippen molar-refractivity contribution in [3.8, 4) is 0 Å². The molecule has 38 heavy (non-hydrogen) atoms. The first-order valence-electron chi connectivity index (χ1n) is 15.8. The van der Waals surface area contributed by atoms with Crippen LogP contribution in [0.15, 0.2) is 0 Å². The number of carbonyl (C=O) groups is 2. The molecule has 0 aromatic heterocycles. The van der Waals surface area contributed by atoms with Crippen molar-refractivity contribution in [2.75, 3.05) is 20.2 Å². The van der Waals surface area contributed by atoms with E-state index in [1.807, 2.05) is 0 Å². The number of methoxy groups -OCH3 is 1. The first kappa shape index (κ1) is 29.8. The Kier molecular flexibility index (Phi) is 9.55. The maximum absolute atomic E-state index is 12.5. The topological polar surface area (TPSA) is 79.5 Å². The van der Waals surface area contributed by atoms with Gasteiger partial charge in [0.1, 0.15) is 0 Å². The molecule has 0 aromatic rings. The lowest BCUT2D eigenvalue weighted by atomic mass is 9.43. The highest BCUT2D eigenvalue weighted by atomic mass is 16.5. The van der Waals surface area contributed by atoms with E-state index >= 15 is 0 Å². The predicted octanol–water partition coefficient (Wildman–Crippen LogP) is 5.31. The number of hydrogen-bond acceptors (Lipinski definition) is 5. The van der Waals surface area contributed by atoms with E-state index in [0.29, 0.717) is 70.9 Å². The van der Waals surface area contributed by atoms with E-state index in [2.05, 4.69) is 50.6 Å². The van der Waals surface area contributed by atoms with Gasteiger partial charge in [0.05, 0.1) is 7.11 Å². The molecule has 6 nitrogen and oxygen atoms in total. The van der Waals surface area contributed by atoms with Gasteiger partial charge in [-0.25, -0.2) is 0 Å². The van der Waals surface area contributed by atoms with Gasteiger partial charge in [-0.05, 0) is 104 Å². The minimum absolute atomic E-state index is 0.0847. The Morgan fingerprint density at radius 1 is 0.947 bits per heavy atom. The lowest BCUT2D eigenvalue weighted by Crippen LogP contribution is -2.62. The molecule has 0 spiro atoms. The first-order valence-corrected chi connectivity index (χ1v) is 15.8. The highest BCUT2D eigenvalue weighted by Crippen LogP contribution is 2.68. The summed E-state index contributed by atoms with van der Waals surface area (Å²) in [4.78, 5) is 24.3. The summed E-state index contributed by atoms with van der Waals surface area (Å²) in [5.74, 6) is 3.85. The van der Waals surface area contributed by atoms with Gasteiger partial charge >= 0.3 is 5.97 Å². The Bertz CT molecular complexity index is 833. The van der Waals surface area contributed by atoms with E-state index in [0.717, 1.165) is 25.9 Å². The lowest BCUT2D eigenvalue weighted by molar-refractivity contribution is -0.142. The second-order valence-corrected chi connectivity index (χ2v) is 14.4. The quantitative estimate of drug-likeness (QED) is 0.263. The average Bonchev–Trinajstić information content (AvgIpc) is 3.22. The highest BCUT2D eigenvalue weighted by Gasteiger charge is 2.63. The molecular weight excluding hydrogens is 474 g/mol. The molecule has 0 bridgehead atoms. The van der Waals surface area contributed by atoms with Crippen molar-refractivity contribution in [2.24, 2.45) is 46.3 Å². The summed E-state index contributed by atoms with van der Waals surface area (Å²) in [6, 6.07) is 1.42. The van der Waals surface area contributed by atoms with Gasteiger partial charge in [0.2, 0.25) is 5.91 Å². The minimum atomic E-state index is -0.0847. The van der Waals surface area contributed by atoms with Crippen LogP contribution < -0.4 is 16.0 Å². The monoisotopic (exact) mass is 531 g/mol. The normalized spacial score (nSPS) is 41.1. The second-order valence-electron chi connectivity index (χ2n) is 14.4. The number of carbonyl (C=O) groups excluding carboxylic acids is 2. The van der Waals surface area contributed by atoms with Gasteiger partial charge in [0.15, 0.2) is 0 Å². The summed E-state index contributed by atoms with van der Waals surface area (Å²) in [5.41, 5.74) is 0.683. The van der Waals surface area contributed by atoms with Gasteiger partial charge in [-0.2, -0.15) is 0 Å². The smallest absolute Gasteiger partial charge is 0.305 e. The summed E-state index contributed by atoms with van der Waals surface area (Å²) in [5, 5.41) is 10.9. The van der Waals surface area contributed by atoms with Crippen LogP contribution in [0.5, 0.6) is 0 Å². The zero-order chi connectivity index (χ0) is 27.7. The Hall–Kier alpha value is -1.14. The Morgan fingerprint density at radius 3 is 2.34 bits per heavy atom. The van der Waals surface area contributed by atoms with E-state index in [-0.39, 0.29) is 11.9 Å². The summed E-state index contributed by atoms with van der Waals surface area (Å²) >= 11 is 0. The number of hydrogen-bond donors (Lipinski definition) is 3. The van der Waals surface area contributed by atoms with Crippen LogP contribution in [0.1, 0.15) is 106 Å². The highest BCUT2D eigenvalue weighted by molar-refractivity contribution is 5.73. The zero-order valence-electron chi connectivity index (χ0n) is 25.4. The largest absolute Gasteiger partial charge is 0.469 e. The third-order valence-corrected chi connectivity index (χ3v) is 12.0. The maximum Gasteiger partial charge on any atom is 0.305 e. The van der Waals surface area contributed by atoms with Crippen molar-refractivity contribution < 1.29 is 14.3 Å². The number of esters is 1. The van der Waals surface area contributed by atoms with E-state index in [1.54, 1.807) is 6.92 Å². The van der Waals surface area contributed by atoms with Crippen LogP contribution >= 0.6 is 0 Å². The molecule has 4 rings (SSSR count). The third-order valence-electron chi connectivity index (χ3n) is 12.0. The third kappa shape index (κ3) is 5.96. The second kappa shape index (κ2) is 12.2. The SMILES string of the molecule is COC(=O)CC[C@@H](C)C1CCC2C3C(CC[C@@]21C)[C@@]1(C)CC[C@@H](NCCNC(C)C)C[C@@H]1C[C@H]3NC(C)=O. The molecule has 4 unspecified atom stereocenters. The molecular formula is C32H57N3O3. The predicted molar refractivity (Wildman–Crippen MR) is 154 cm³/mol. The average molecular weight is 532 g/mol. The molecule has 10 atom stereocenters. The van der Waals surface area contributed by atoms with Gasteiger partial charge in [-0.15, -0.1) is 0 Å². The molecule has 4 saturated carbocycles. The number of nitrogens with one attached hydrogen (secondary N) is 3. The summed E-state index contributed by atoms with van der Waals surface area (Å²) < 4.78 is 4.94. The molecule has 0 saturated heterocycles. The van der Waals surface area contributed by atoms with Crippen LogP contribution in [-0.4, -0.2) is 50.2 Å². The van der Waals surface area contributed by atoms with E-state index in [4.69, 9.17) is 4.74 Å². The van der Waals surface area contributed by atoms with E-state index < -0.39 is 0 Å². The van der Waals surface area contributed by atoms with Crippen LogP contribution in [0.3, 0.4) is 0 Å². The molecule has 0 heterocycles. The molecule has 0 aromatic carbocycles. The standard InChI is InChI=1S/C32H57N3O3/c1-20(2)33-16-17-34-24-12-14-31(5)23(18-24)19-28(35-22(4)36)30-26-10-9-25(21(3)8-11-29(37)38-7)32(26,6)15-13-27(30)31/h20-21,23-28,30,33-34H,8-19H2,1-7H3,(H,35,36)/t21-,23-,24-,25?,26?,27?,28-,30?,31+,32-/m1/s1. The number of rotatable bonds is 10. The Balaban J connectivity index is 1.49. The fourth-order valence-corrected chi connectivity index (χ4v) is 10.1. The van der Waals surface area contributed by atoms with E-state index in [1.165, 1.54) is 52.1 Å². The van der Waals surface area contributed by atoms with Crippen LogP contribution in [0.4, 0.5) is 0 Å². The maximum atomic E-state index is 12.5. The zero-order valence-corrected chi connectivity index (χ0v) is 25.4. The first-order chi connectivity index (χ1) is 18.0. The molecule has 6 heteroatoms. The minimum Gasteiger partial charge on any atom is -0.469 e. The summed E-state index contributed by atoms with van der Waals surface area (Å²) in [6.07, 6.45) is 11.5. The molecule has 4 aliphatic rings. The molecule has 4 fully saturated rings. The number of fused-ring (bicyclic) bond motifs is 5. The van der Waals surface area contributed by atoms with Crippen molar-refractivity contribution in [1.29, 1.82) is 0 Å². The van der Waals surface area contributed by atoms with Gasteiger partial charge in [-0.3, -0.25) is 9.59 Å². The fraction of sp³-hybridized carbons (Fsp3) is 0.938. The Morgan fingerprint density at radius 2 is 1.66 bits per heavy atom. The van der Waals surface area contributed by atoms with Crippen molar-refractivity contribution in [2.45, 2.75) is 124 Å². The van der Waals surface area contributed by atoms with E-state index in [9.17, 15) is 9.59 Å². The van der Waals surface area contributed by atoms with Gasteiger partial charge in [0, 0.05) is 44.6 Å². The fourth-order valence-electron chi connectivity index (χ4n) is 10.1. The molecule has 1 amide bonds. The molecule has 218 valence electrons. The number of amides is 1. The molecule has 0 aliphatic heterocycles. The molecule has 0 radical (unpaired) electrons. The van der Waals surface area contributed by atoms with Gasteiger partial charge in [-0.1, -0.05) is 34.6 Å². The van der Waals surface area contributed by atoms with Gasteiger partial charge in [0.25, 0.3) is 0 Å². The summed E-state index contributed by atoms with van der Waals surface area (Å²) in [7, 11) is 1.49. The molecule has 4 aliphatic carbocycles. The van der Waals surface area contributed by atoms with Crippen LogP contribution in [0.2, 0.25) is 0 Å². The lowest BCUT2D eigenvalue weighted by Gasteiger charge is -2.63. The van der Waals surface area contributed by atoms with Crippen molar-refractivity contribution in [1.82, 2.24) is 16.0 Å². The van der Waals surface area contributed by atoms with Crippen molar-refractivity contribution in [3.05, 3.63) is 0 Å².